The predicted molar refractivity (Wildman–Crippen MR) is 85.5 cm³/mol. The molecule has 110 valence electrons. The molecule has 0 radical (unpaired) electrons. The van der Waals surface area contributed by atoms with Gasteiger partial charge in [0.2, 0.25) is 0 Å². The summed E-state index contributed by atoms with van der Waals surface area (Å²) in [4.78, 5) is 2.47. The molecule has 2 aliphatic rings. The summed E-state index contributed by atoms with van der Waals surface area (Å²) in [6.45, 7) is 4.79. The number of hydrogen-bond donors (Lipinski definition) is 1. The van der Waals surface area contributed by atoms with Gasteiger partial charge in [-0.2, -0.15) is 0 Å². The van der Waals surface area contributed by atoms with Crippen LogP contribution in [0.3, 0.4) is 0 Å². The first-order chi connectivity index (χ1) is 9.69. The monoisotopic (exact) mass is 272 g/mol. The Morgan fingerprint density at radius 2 is 1.85 bits per heavy atom. The van der Waals surface area contributed by atoms with E-state index in [4.69, 9.17) is 0 Å². The van der Waals surface area contributed by atoms with Gasteiger partial charge in [-0.3, -0.25) is 0 Å². The first-order valence-corrected chi connectivity index (χ1v) is 8.16. The molecule has 1 atom stereocenters. The molecule has 0 bridgehead atoms. The van der Waals surface area contributed by atoms with Crippen LogP contribution in [0.15, 0.2) is 12.1 Å². The number of likely N-dealkylation sites (N-methyl/N-ethyl adjacent to an activating group) is 1. The molecule has 1 unspecified atom stereocenters. The van der Waals surface area contributed by atoms with Crippen LogP contribution in [-0.4, -0.2) is 38.1 Å². The number of likely N-dealkylation sites (tertiary alicyclic amines) is 1. The maximum atomic E-state index is 3.49. The number of aryl methyl sites for hydroxylation is 1. The van der Waals surface area contributed by atoms with Crippen molar-refractivity contribution < 1.29 is 0 Å². The fraction of sp³-hybridized carbons (Fsp3) is 0.667. The van der Waals surface area contributed by atoms with Gasteiger partial charge in [-0.1, -0.05) is 12.1 Å². The summed E-state index contributed by atoms with van der Waals surface area (Å²) in [5.41, 5.74) is 6.52. The van der Waals surface area contributed by atoms with Gasteiger partial charge in [-0.05, 0) is 94.4 Å². The molecule has 0 aromatic heterocycles. The SMILES string of the molecule is CNC1CCc2c(C)ccc(C3CCN(C)CC3)c2C1. The van der Waals surface area contributed by atoms with Gasteiger partial charge in [0.25, 0.3) is 0 Å². The van der Waals surface area contributed by atoms with E-state index in [0.717, 1.165) is 5.92 Å². The van der Waals surface area contributed by atoms with Crippen molar-refractivity contribution in [1.82, 2.24) is 10.2 Å². The van der Waals surface area contributed by atoms with Crippen LogP contribution < -0.4 is 5.32 Å². The summed E-state index contributed by atoms with van der Waals surface area (Å²) in [5.74, 6) is 0.788. The quantitative estimate of drug-likeness (QED) is 0.890. The molecular weight excluding hydrogens is 244 g/mol. The zero-order valence-corrected chi connectivity index (χ0v) is 13.2. The number of piperidine rings is 1. The van der Waals surface area contributed by atoms with Crippen LogP contribution >= 0.6 is 0 Å². The summed E-state index contributed by atoms with van der Waals surface area (Å²) in [5, 5.41) is 3.49. The average Bonchev–Trinajstić information content (AvgIpc) is 2.48. The molecule has 1 saturated heterocycles. The Labute approximate surface area is 123 Å². The van der Waals surface area contributed by atoms with E-state index in [0.29, 0.717) is 6.04 Å². The van der Waals surface area contributed by atoms with Crippen molar-refractivity contribution in [2.24, 2.45) is 0 Å². The molecule has 1 aliphatic carbocycles. The van der Waals surface area contributed by atoms with Gasteiger partial charge in [-0.25, -0.2) is 0 Å². The molecule has 1 aromatic rings. The topological polar surface area (TPSA) is 15.3 Å². The van der Waals surface area contributed by atoms with Gasteiger partial charge < -0.3 is 10.2 Å². The number of benzene rings is 1. The second kappa shape index (κ2) is 5.87. The summed E-state index contributed by atoms with van der Waals surface area (Å²) in [7, 11) is 4.36. The maximum absolute atomic E-state index is 3.49. The minimum absolute atomic E-state index is 0.675. The third kappa shape index (κ3) is 2.64. The van der Waals surface area contributed by atoms with Crippen LogP contribution in [0.2, 0.25) is 0 Å². The van der Waals surface area contributed by atoms with Gasteiger partial charge in [0.1, 0.15) is 0 Å². The molecule has 1 heterocycles. The molecule has 1 N–H and O–H groups in total. The zero-order chi connectivity index (χ0) is 14.1. The Hall–Kier alpha value is -0.860. The number of fused-ring (bicyclic) bond motifs is 1. The van der Waals surface area contributed by atoms with Crippen molar-refractivity contribution >= 4 is 0 Å². The van der Waals surface area contributed by atoms with Crippen LogP contribution in [0.25, 0.3) is 0 Å². The fourth-order valence-electron chi connectivity index (χ4n) is 4.03. The van der Waals surface area contributed by atoms with Crippen molar-refractivity contribution in [1.29, 1.82) is 0 Å². The number of nitrogens with zero attached hydrogens (tertiary/aromatic N) is 1. The maximum Gasteiger partial charge on any atom is 0.0108 e. The van der Waals surface area contributed by atoms with Crippen molar-refractivity contribution in [3.63, 3.8) is 0 Å². The largest absolute Gasteiger partial charge is 0.317 e. The fourth-order valence-corrected chi connectivity index (χ4v) is 4.03. The molecule has 1 fully saturated rings. The Morgan fingerprint density at radius 3 is 2.55 bits per heavy atom. The molecule has 1 aliphatic heterocycles. The predicted octanol–water partition coefficient (Wildman–Crippen LogP) is 2.88. The molecule has 0 spiro atoms. The lowest BCUT2D eigenvalue weighted by Crippen LogP contribution is -2.34. The van der Waals surface area contributed by atoms with E-state index >= 15 is 0 Å². The second-order valence-electron chi connectivity index (χ2n) is 6.73. The highest BCUT2D eigenvalue weighted by atomic mass is 15.1. The van der Waals surface area contributed by atoms with Gasteiger partial charge in [0, 0.05) is 6.04 Å². The first kappa shape index (κ1) is 14.1. The van der Waals surface area contributed by atoms with E-state index in [2.05, 4.69) is 43.4 Å². The molecule has 0 amide bonds. The Bertz CT molecular complexity index is 473. The van der Waals surface area contributed by atoms with Crippen molar-refractivity contribution in [3.8, 4) is 0 Å². The summed E-state index contributed by atoms with van der Waals surface area (Å²) in [6, 6.07) is 5.48. The van der Waals surface area contributed by atoms with Crippen molar-refractivity contribution in [3.05, 3.63) is 34.4 Å². The van der Waals surface area contributed by atoms with E-state index < -0.39 is 0 Å². The van der Waals surface area contributed by atoms with E-state index in [-0.39, 0.29) is 0 Å². The smallest absolute Gasteiger partial charge is 0.0108 e. The van der Waals surface area contributed by atoms with Crippen LogP contribution in [0.4, 0.5) is 0 Å². The van der Waals surface area contributed by atoms with Crippen LogP contribution in [0.5, 0.6) is 0 Å². The molecule has 2 heteroatoms. The second-order valence-corrected chi connectivity index (χ2v) is 6.73. The van der Waals surface area contributed by atoms with E-state index in [1.165, 1.54) is 50.8 Å². The van der Waals surface area contributed by atoms with Gasteiger partial charge in [0.15, 0.2) is 0 Å². The Balaban J connectivity index is 1.91. The van der Waals surface area contributed by atoms with Crippen LogP contribution in [0.1, 0.15) is 47.4 Å². The third-order valence-electron chi connectivity index (χ3n) is 5.46. The van der Waals surface area contributed by atoms with Crippen molar-refractivity contribution in [2.45, 2.75) is 51.0 Å². The molecule has 3 rings (SSSR count). The van der Waals surface area contributed by atoms with E-state index in [1.54, 1.807) is 16.7 Å². The van der Waals surface area contributed by atoms with Crippen molar-refractivity contribution in [2.75, 3.05) is 27.2 Å². The van der Waals surface area contributed by atoms with Gasteiger partial charge >= 0.3 is 0 Å². The van der Waals surface area contributed by atoms with Gasteiger partial charge in [0.05, 0.1) is 0 Å². The van der Waals surface area contributed by atoms with E-state index in [9.17, 15) is 0 Å². The molecule has 0 saturated carbocycles. The Morgan fingerprint density at radius 1 is 1.10 bits per heavy atom. The van der Waals surface area contributed by atoms with E-state index in [1.807, 2.05) is 0 Å². The summed E-state index contributed by atoms with van der Waals surface area (Å²) in [6.07, 6.45) is 6.44. The highest BCUT2D eigenvalue weighted by molar-refractivity contribution is 5.44. The normalized spacial score (nSPS) is 24.6. The lowest BCUT2D eigenvalue weighted by molar-refractivity contribution is 0.254. The molecular formula is C18H28N2. The number of nitrogens with one attached hydrogen (secondary N) is 1. The van der Waals surface area contributed by atoms with Gasteiger partial charge in [-0.15, -0.1) is 0 Å². The molecule has 2 nitrogen and oxygen atoms in total. The minimum Gasteiger partial charge on any atom is -0.317 e. The highest BCUT2D eigenvalue weighted by Gasteiger charge is 2.26. The third-order valence-corrected chi connectivity index (χ3v) is 5.46. The lowest BCUT2D eigenvalue weighted by atomic mass is 9.77. The van der Waals surface area contributed by atoms with Crippen LogP contribution in [-0.2, 0) is 12.8 Å². The first-order valence-electron chi connectivity index (χ1n) is 8.16. The van der Waals surface area contributed by atoms with Crippen LogP contribution in [0, 0.1) is 6.92 Å². The molecule has 1 aromatic carbocycles. The summed E-state index contributed by atoms with van der Waals surface area (Å²) >= 11 is 0. The number of hydrogen-bond acceptors (Lipinski definition) is 2. The highest BCUT2D eigenvalue weighted by Crippen LogP contribution is 2.35. The standard InChI is InChI=1S/C18H28N2/c1-13-4-6-17(14-8-10-20(3)11-9-14)18-12-15(19-2)5-7-16(13)18/h4,6,14-15,19H,5,7-12H2,1-3H3. The average molecular weight is 272 g/mol. The molecule has 20 heavy (non-hydrogen) atoms. The zero-order valence-electron chi connectivity index (χ0n) is 13.2. The lowest BCUT2D eigenvalue weighted by Gasteiger charge is -2.34. The summed E-state index contributed by atoms with van der Waals surface area (Å²) < 4.78 is 0. The minimum atomic E-state index is 0.675. The number of rotatable bonds is 2. The Kier molecular flexibility index (Phi) is 4.13.